The van der Waals surface area contributed by atoms with Crippen LogP contribution in [0.25, 0.3) is 0 Å². The lowest BCUT2D eigenvalue weighted by Gasteiger charge is -2.29. The highest BCUT2D eigenvalue weighted by molar-refractivity contribution is 6.39. The highest BCUT2D eigenvalue weighted by Crippen LogP contribution is 2.34. The van der Waals surface area contributed by atoms with Gasteiger partial charge in [-0.2, -0.15) is 0 Å². The largest absolute Gasteiger partial charge is 0.481 e. The standard InChI is InChI=1S/C14H15Cl2NO3/c15-9-4-3-5-10(16)12(9)13(20)17-14(8-11(18)19)6-1-2-7-14/h3-5H,1-2,6-8H2,(H,17,20)(H,18,19). The van der Waals surface area contributed by atoms with E-state index >= 15 is 0 Å². The van der Waals surface area contributed by atoms with Crippen molar-refractivity contribution in [1.29, 1.82) is 0 Å². The molecule has 1 fully saturated rings. The molecular weight excluding hydrogens is 301 g/mol. The van der Waals surface area contributed by atoms with Crippen molar-refractivity contribution in [2.45, 2.75) is 37.6 Å². The molecule has 2 N–H and O–H groups in total. The van der Waals surface area contributed by atoms with Gasteiger partial charge in [-0.1, -0.05) is 42.1 Å². The van der Waals surface area contributed by atoms with E-state index < -0.39 is 17.4 Å². The Labute approximate surface area is 127 Å². The van der Waals surface area contributed by atoms with Gasteiger partial charge in [-0.15, -0.1) is 0 Å². The van der Waals surface area contributed by atoms with E-state index in [9.17, 15) is 9.59 Å². The third kappa shape index (κ3) is 3.25. The normalized spacial score (nSPS) is 16.9. The molecule has 0 heterocycles. The zero-order valence-electron chi connectivity index (χ0n) is 10.8. The molecule has 108 valence electrons. The zero-order chi connectivity index (χ0) is 14.8. The zero-order valence-corrected chi connectivity index (χ0v) is 12.3. The molecule has 0 bridgehead atoms. The average molecular weight is 316 g/mol. The summed E-state index contributed by atoms with van der Waals surface area (Å²) in [6, 6.07) is 4.83. The maximum absolute atomic E-state index is 12.4. The molecule has 1 aromatic rings. The van der Waals surface area contributed by atoms with Crippen molar-refractivity contribution >= 4 is 35.1 Å². The Hall–Kier alpha value is -1.26. The van der Waals surface area contributed by atoms with Crippen molar-refractivity contribution in [3.8, 4) is 0 Å². The van der Waals surface area contributed by atoms with Gasteiger partial charge in [-0.25, -0.2) is 0 Å². The lowest BCUT2D eigenvalue weighted by Crippen LogP contribution is -2.48. The second-order valence-corrected chi connectivity index (χ2v) is 5.92. The summed E-state index contributed by atoms with van der Waals surface area (Å²) in [4.78, 5) is 23.4. The molecule has 0 aromatic heterocycles. The number of rotatable bonds is 4. The highest BCUT2D eigenvalue weighted by atomic mass is 35.5. The second-order valence-electron chi connectivity index (χ2n) is 5.11. The lowest BCUT2D eigenvalue weighted by atomic mass is 9.92. The van der Waals surface area contributed by atoms with Crippen LogP contribution in [0.1, 0.15) is 42.5 Å². The fraction of sp³-hybridized carbons (Fsp3) is 0.429. The number of halogens is 2. The van der Waals surface area contributed by atoms with Crippen LogP contribution in [-0.4, -0.2) is 22.5 Å². The van der Waals surface area contributed by atoms with Crippen LogP contribution in [-0.2, 0) is 4.79 Å². The van der Waals surface area contributed by atoms with Crippen LogP contribution in [0, 0.1) is 0 Å². The molecule has 0 radical (unpaired) electrons. The summed E-state index contributed by atoms with van der Waals surface area (Å²) in [5.41, 5.74) is -0.488. The number of carboxylic acids is 1. The number of carboxylic acid groups (broad SMARTS) is 1. The van der Waals surface area contributed by atoms with Crippen molar-refractivity contribution in [3.05, 3.63) is 33.8 Å². The molecular formula is C14H15Cl2NO3. The van der Waals surface area contributed by atoms with Crippen LogP contribution in [0.5, 0.6) is 0 Å². The first-order chi connectivity index (χ1) is 9.43. The summed E-state index contributed by atoms with van der Waals surface area (Å²) in [5.74, 6) is -1.33. The molecule has 1 aromatic carbocycles. The third-order valence-electron chi connectivity index (χ3n) is 3.62. The van der Waals surface area contributed by atoms with Crippen molar-refractivity contribution < 1.29 is 14.7 Å². The molecule has 1 aliphatic carbocycles. The molecule has 1 saturated carbocycles. The first kappa shape index (κ1) is 15.1. The smallest absolute Gasteiger partial charge is 0.305 e. The summed E-state index contributed by atoms with van der Waals surface area (Å²) in [5, 5.41) is 12.4. The molecule has 0 spiro atoms. The van der Waals surface area contributed by atoms with Crippen LogP contribution >= 0.6 is 23.2 Å². The van der Waals surface area contributed by atoms with Crippen molar-refractivity contribution in [3.63, 3.8) is 0 Å². The Morgan fingerprint density at radius 1 is 1.20 bits per heavy atom. The number of hydrogen-bond donors (Lipinski definition) is 2. The van der Waals surface area contributed by atoms with Crippen LogP contribution in [0.3, 0.4) is 0 Å². The molecule has 0 aliphatic heterocycles. The first-order valence-corrected chi connectivity index (χ1v) is 7.17. The Kier molecular flexibility index (Phi) is 4.55. The van der Waals surface area contributed by atoms with Gasteiger partial charge >= 0.3 is 5.97 Å². The van der Waals surface area contributed by atoms with Gasteiger partial charge in [0.15, 0.2) is 0 Å². The maximum atomic E-state index is 12.4. The van der Waals surface area contributed by atoms with E-state index in [2.05, 4.69) is 5.32 Å². The third-order valence-corrected chi connectivity index (χ3v) is 4.25. The Bertz CT molecular complexity index is 519. The molecule has 6 heteroatoms. The number of carbonyl (C=O) groups is 2. The number of carbonyl (C=O) groups excluding carboxylic acids is 1. The molecule has 1 amide bonds. The molecule has 20 heavy (non-hydrogen) atoms. The van der Waals surface area contributed by atoms with Gasteiger partial charge in [0.1, 0.15) is 0 Å². The van der Waals surface area contributed by atoms with Gasteiger partial charge in [-0.05, 0) is 25.0 Å². The molecule has 2 rings (SSSR count). The summed E-state index contributed by atoms with van der Waals surface area (Å²) in [7, 11) is 0. The SMILES string of the molecule is O=C(O)CC1(NC(=O)c2c(Cl)cccc2Cl)CCCC1. The van der Waals surface area contributed by atoms with Gasteiger partial charge in [0, 0.05) is 0 Å². The fourth-order valence-corrected chi connectivity index (χ4v) is 3.27. The highest BCUT2D eigenvalue weighted by Gasteiger charge is 2.38. The van der Waals surface area contributed by atoms with Crippen LogP contribution in [0.2, 0.25) is 10.0 Å². The second kappa shape index (κ2) is 6.02. The maximum Gasteiger partial charge on any atom is 0.305 e. The van der Waals surface area contributed by atoms with E-state index in [1.165, 1.54) is 0 Å². The summed E-state index contributed by atoms with van der Waals surface area (Å²) >= 11 is 12.0. The summed E-state index contributed by atoms with van der Waals surface area (Å²) < 4.78 is 0. The minimum atomic E-state index is -0.919. The van der Waals surface area contributed by atoms with E-state index in [0.29, 0.717) is 12.8 Å². The predicted molar refractivity (Wildman–Crippen MR) is 77.4 cm³/mol. The summed E-state index contributed by atoms with van der Waals surface area (Å²) in [6.07, 6.45) is 3.05. The van der Waals surface area contributed by atoms with E-state index in [1.807, 2.05) is 0 Å². The van der Waals surface area contributed by atoms with Crippen LogP contribution in [0.15, 0.2) is 18.2 Å². The van der Waals surface area contributed by atoms with Gasteiger partial charge in [0.05, 0.1) is 27.6 Å². The van der Waals surface area contributed by atoms with Crippen molar-refractivity contribution in [2.75, 3.05) is 0 Å². The predicted octanol–water partition coefficient (Wildman–Crippen LogP) is 3.51. The Morgan fingerprint density at radius 3 is 2.25 bits per heavy atom. The number of aliphatic carboxylic acids is 1. The van der Waals surface area contributed by atoms with E-state index in [0.717, 1.165) is 12.8 Å². The first-order valence-electron chi connectivity index (χ1n) is 6.42. The van der Waals surface area contributed by atoms with E-state index in [1.54, 1.807) is 18.2 Å². The Balaban J connectivity index is 2.23. The average Bonchev–Trinajstić information content (AvgIpc) is 2.75. The number of amides is 1. The minimum absolute atomic E-state index is 0.0825. The van der Waals surface area contributed by atoms with E-state index in [-0.39, 0.29) is 22.0 Å². The van der Waals surface area contributed by atoms with Gasteiger partial charge in [-0.3, -0.25) is 9.59 Å². The van der Waals surface area contributed by atoms with Crippen molar-refractivity contribution in [1.82, 2.24) is 5.32 Å². The number of nitrogens with one attached hydrogen (secondary N) is 1. The quantitative estimate of drug-likeness (QED) is 0.893. The van der Waals surface area contributed by atoms with Crippen LogP contribution < -0.4 is 5.32 Å². The fourth-order valence-electron chi connectivity index (χ4n) is 2.71. The molecule has 0 atom stereocenters. The number of hydrogen-bond acceptors (Lipinski definition) is 2. The molecule has 4 nitrogen and oxygen atoms in total. The van der Waals surface area contributed by atoms with Gasteiger partial charge < -0.3 is 10.4 Å². The lowest BCUT2D eigenvalue weighted by molar-refractivity contribution is -0.138. The van der Waals surface area contributed by atoms with E-state index in [4.69, 9.17) is 28.3 Å². The Morgan fingerprint density at radius 2 is 1.75 bits per heavy atom. The molecule has 0 unspecified atom stereocenters. The molecule has 1 aliphatic rings. The van der Waals surface area contributed by atoms with Gasteiger partial charge in [0.25, 0.3) is 5.91 Å². The van der Waals surface area contributed by atoms with Gasteiger partial charge in [0.2, 0.25) is 0 Å². The van der Waals surface area contributed by atoms with Crippen LogP contribution in [0.4, 0.5) is 0 Å². The summed E-state index contributed by atoms with van der Waals surface area (Å²) in [6.45, 7) is 0. The van der Waals surface area contributed by atoms with Crippen molar-refractivity contribution in [2.24, 2.45) is 0 Å². The minimum Gasteiger partial charge on any atom is -0.481 e. The monoisotopic (exact) mass is 315 g/mol. The number of benzene rings is 1. The molecule has 0 saturated heterocycles. The topological polar surface area (TPSA) is 66.4 Å².